The Morgan fingerprint density at radius 1 is 1.39 bits per heavy atom. The van der Waals surface area contributed by atoms with Crippen LogP contribution in [-0.4, -0.2) is 23.0 Å². The summed E-state index contributed by atoms with van der Waals surface area (Å²) in [6, 6.07) is 5.47. The van der Waals surface area contributed by atoms with Crippen LogP contribution >= 0.6 is 11.6 Å². The molecule has 1 aromatic carbocycles. The van der Waals surface area contributed by atoms with Crippen molar-refractivity contribution >= 4 is 17.6 Å². The van der Waals surface area contributed by atoms with Gasteiger partial charge in [0.05, 0.1) is 0 Å². The van der Waals surface area contributed by atoms with Crippen LogP contribution in [0, 0.1) is 18.4 Å². The molecular formula is C18H23ClN2O2. The van der Waals surface area contributed by atoms with Gasteiger partial charge in [0.1, 0.15) is 5.60 Å². The standard InChI is InChI=1S/C18H23ClN2O2/c1-13-7-8-14(19)11-15(13)18(16(22)23-17(2,3)4)9-5-6-10-21(18)12-20/h7-8,11H,5-6,9-10H2,1-4H3. The van der Waals surface area contributed by atoms with E-state index in [9.17, 15) is 10.1 Å². The second-order valence-corrected chi connectivity index (χ2v) is 7.47. The maximum Gasteiger partial charge on any atom is 0.337 e. The topological polar surface area (TPSA) is 53.3 Å². The van der Waals surface area contributed by atoms with Gasteiger partial charge in [-0.3, -0.25) is 4.90 Å². The van der Waals surface area contributed by atoms with Gasteiger partial charge in [0, 0.05) is 11.6 Å². The van der Waals surface area contributed by atoms with E-state index in [4.69, 9.17) is 16.3 Å². The van der Waals surface area contributed by atoms with Gasteiger partial charge in [0.25, 0.3) is 0 Å². The zero-order valence-electron chi connectivity index (χ0n) is 14.1. The molecule has 0 N–H and O–H groups in total. The average Bonchev–Trinajstić information content (AvgIpc) is 2.47. The van der Waals surface area contributed by atoms with Crippen LogP contribution in [0.25, 0.3) is 0 Å². The largest absolute Gasteiger partial charge is 0.458 e. The second kappa shape index (κ2) is 6.41. The average molecular weight is 335 g/mol. The number of piperidine rings is 1. The van der Waals surface area contributed by atoms with Crippen LogP contribution in [0.3, 0.4) is 0 Å². The SMILES string of the molecule is Cc1ccc(Cl)cc1C1(C(=O)OC(C)(C)C)CCCCN1C#N. The number of esters is 1. The maximum absolute atomic E-state index is 13.1. The van der Waals surface area contributed by atoms with Crippen LogP contribution in [0.1, 0.15) is 51.2 Å². The molecule has 1 aromatic rings. The molecule has 0 bridgehead atoms. The predicted octanol–water partition coefficient (Wildman–Crippen LogP) is 4.15. The molecule has 4 nitrogen and oxygen atoms in total. The first-order valence-electron chi connectivity index (χ1n) is 7.88. The number of carbonyl (C=O) groups excluding carboxylic acids is 1. The molecule has 5 heteroatoms. The fourth-order valence-corrected chi connectivity index (χ4v) is 3.29. The van der Waals surface area contributed by atoms with E-state index in [0.717, 1.165) is 24.0 Å². The van der Waals surface area contributed by atoms with Crippen LogP contribution in [0.15, 0.2) is 18.2 Å². The van der Waals surface area contributed by atoms with Gasteiger partial charge in [0.2, 0.25) is 0 Å². The van der Waals surface area contributed by atoms with Gasteiger partial charge in [-0.2, -0.15) is 5.26 Å². The molecule has 1 aliphatic heterocycles. The van der Waals surface area contributed by atoms with Crippen molar-refractivity contribution in [3.63, 3.8) is 0 Å². The van der Waals surface area contributed by atoms with Gasteiger partial charge < -0.3 is 4.74 Å². The van der Waals surface area contributed by atoms with E-state index in [2.05, 4.69) is 6.19 Å². The molecule has 23 heavy (non-hydrogen) atoms. The third-order valence-corrected chi connectivity index (χ3v) is 4.37. The van der Waals surface area contributed by atoms with E-state index in [-0.39, 0.29) is 5.97 Å². The highest BCUT2D eigenvalue weighted by Gasteiger charge is 2.50. The molecule has 1 atom stereocenters. The summed E-state index contributed by atoms with van der Waals surface area (Å²) in [5.74, 6) is -0.378. The lowest BCUT2D eigenvalue weighted by Gasteiger charge is -2.44. The zero-order chi connectivity index (χ0) is 17.3. The second-order valence-electron chi connectivity index (χ2n) is 7.03. The molecule has 1 unspecified atom stereocenters. The van der Waals surface area contributed by atoms with Crippen molar-refractivity contribution in [2.24, 2.45) is 0 Å². The van der Waals surface area contributed by atoms with Crippen molar-refractivity contribution in [2.45, 2.75) is 58.1 Å². The number of halogens is 1. The highest BCUT2D eigenvalue weighted by Crippen LogP contribution is 2.41. The number of likely N-dealkylation sites (tertiary alicyclic amines) is 1. The van der Waals surface area contributed by atoms with Crippen molar-refractivity contribution in [1.82, 2.24) is 4.90 Å². The van der Waals surface area contributed by atoms with E-state index in [1.807, 2.05) is 33.8 Å². The Bertz CT molecular complexity index is 645. The first-order valence-corrected chi connectivity index (χ1v) is 8.26. The summed E-state index contributed by atoms with van der Waals surface area (Å²) in [7, 11) is 0. The minimum absolute atomic E-state index is 0.378. The van der Waals surface area contributed by atoms with Crippen molar-refractivity contribution in [3.05, 3.63) is 34.3 Å². The van der Waals surface area contributed by atoms with E-state index in [0.29, 0.717) is 18.0 Å². The maximum atomic E-state index is 13.1. The lowest BCUT2D eigenvalue weighted by molar-refractivity contribution is -0.171. The number of aryl methyl sites for hydroxylation is 1. The fraction of sp³-hybridized carbons (Fsp3) is 0.556. The third kappa shape index (κ3) is 3.45. The summed E-state index contributed by atoms with van der Waals surface area (Å²) >= 11 is 6.17. The highest BCUT2D eigenvalue weighted by atomic mass is 35.5. The van der Waals surface area contributed by atoms with E-state index in [1.54, 1.807) is 17.0 Å². The minimum Gasteiger partial charge on any atom is -0.458 e. The number of nitrogens with zero attached hydrogens (tertiary/aromatic N) is 2. The zero-order valence-corrected chi connectivity index (χ0v) is 14.9. The van der Waals surface area contributed by atoms with E-state index < -0.39 is 11.1 Å². The van der Waals surface area contributed by atoms with Crippen molar-refractivity contribution in [2.75, 3.05) is 6.54 Å². The van der Waals surface area contributed by atoms with E-state index >= 15 is 0 Å². The number of nitriles is 1. The van der Waals surface area contributed by atoms with Crippen molar-refractivity contribution in [1.29, 1.82) is 5.26 Å². The molecule has 0 spiro atoms. The number of hydrogen-bond donors (Lipinski definition) is 0. The summed E-state index contributed by atoms with van der Waals surface area (Å²) in [4.78, 5) is 14.7. The summed E-state index contributed by atoms with van der Waals surface area (Å²) in [5, 5.41) is 10.2. The summed E-state index contributed by atoms with van der Waals surface area (Å²) in [6.07, 6.45) is 4.50. The number of benzene rings is 1. The van der Waals surface area contributed by atoms with Gasteiger partial charge in [-0.05, 0) is 70.2 Å². The predicted molar refractivity (Wildman–Crippen MR) is 89.9 cm³/mol. The quantitative estimate of drug-likeness (QED) is 0.602. The Hall–Kier alpha value is -1.73. The number of carbonyl (C=O) groups is 1. The molecule has 2 rings (SSSR count). The Labute approximate surface area is 143 Å². The third-order valence-electron chi connectivity index (χ3n) is 4.13. The van der Waals surface area contributed by atoms with Crippen LogP contribution in [0.4, 0.5) is 0 Å². The molecule has 0 aromatic heterocycles. The van der Waals surface area contributed by atoms with Crippen molar-refractivity contribution < 1.29 is 9.53 Å². The Kier molecular flexibility index (Phi) is 4.91. The van der Waals surface area contributed by atoms with Gasteiger partial charge in [-0.15, -0.1) is 0 Å². The van der Waals surface area contributed by atoms with Crippen molar-refractivity contribution in [3.8, 4) is 6.19 Å². The molecule has 0 radical (unpaired) electrons. The fourth-order valence-electron chi connectivity index (χ4n) is 3.12. The minimum atomic E-state index is -1.09. The summed E-state index contributed by atoms with van der Waals surface area (Å²) in [6.45, 7) is 7.98. The molecule has 0 saturated carbocycles. The van der Waals surface area contributed by atoms with Crippen LogP contribution in [0.5, 0.6) is 0 Å². The summed E-state index contributed by atoms with van der Waals surface area (Å²) in [5.41, 5.74) is -0.00683. The van der Waals surface area contributed by atoms with Gasteiger partial charge in [-0.1, -0.05) is 17.7 Å². The van der Waals surface area contributed by atoms with Crippen LogP contribution in [-0.2, 0) is 15.1 Å². The first-order chi connectivity index (χ1) is 10.7. The van der Waals surface area contributed by atoms with E-state index in [1.165, 1.54) is 0 Å². The lowest BCUT2D eigenvalue weighted by atomic mass is 9.78. The molecule has 0 amide bonds. The Morgan fingerprint density at radius 2 is 2.09 bits per heavy atom. The highest BCUT2D eigenvalue weighted by molar-refractivity contribution is 6.30. The first kappa shape index (κ1) is 17.6. The molecule has 1 fully saturated rings. The number of hydrogen-bond acceptors (Lipinski definition) is 4. The summed E-state index contributed by atoms with van der Waals surface area (Å²) < 4.78 is 5.69. The normalized spacial score (nSPS) is 21.7. The molecule has 1 heterocycles. The monoisotopic (exact) mass is 334 g/mol. The number of ether oxygens (including phenoxy) is 1. The molecule has 0 aliphatic carbocycles. The Balaban J connectivity index is 2.62. The van der Waals surface area contributed by atoms with Gasteiger partial charge >= 0.3 is 5.97 Å². The van der Waals surface area contributed by atoms with Gasteiger partial charge in [0.15, 0.2) is 11.7 Å². The van der Waals surface area contributed by atoms with Gasteiger partial charge in [-0.25, -0.2) is 4.79 Å². The molecule has 1 aliphatic rings. The lowest BCUT2D eigenvalue weighted by Crippen LogP contribution is -2.55. The molecule has 1 saturated heterocycles. The molecular weight excluding hydrogens is 312 g/mol. The molecule has 124 valence electrons. The van der Waals surface area contributed by atoms with Crippen LogP contribution in [0.2, 0.25) is 5.02 Å². The van der Waals surface area contributed by atoms with Crippen LogP contribution < -0.4 is 0 Å². The number of rotatable bonds is 2. The Morgan fingerprint density at radius 3 is 2.70 bits per heavy atom. The smallest absolute Gasteiger partial charge is 0.337 e.